The molecule has 0 bridgehead atoms. The van der Waals surface area contributed by atoms with Crippen LogP contribution in [0, 0.1) is 5.92 Å². The van der Waals surface area contributed by atoms with Gasteiger partial charge in [0.25, 0.3) is 0 Å². The number of rotatable bonds is 5. The van der Waals surface area contributed by atoms with Crippen molar-refractivity contribution in [1.82, 2.24) is 4.90 Å². The van der Waals surface area contributed by atoms with Gasteiger partial charge in [-0.2, -0.15) is 0 Å². The maximum absolute atomic E-state index is 6.04. The minimum Gasteiger partial charge on any atom is -0.380 e. The first-order chi connectivity index (χ1) is 7.54. The summed E-state index contributed by atoms with van der Waals surface area (Å²) >= 11 is 0. The number of likely N-dealkylation sites (N-methyl/N-ethyl adjacent to an activating group) is 1. The van der Waals surface area contributed by atoms with E-state index < -0.39 is 0 Å². The van der Waals surface area contributed by atoms with Crippen molar-refractivity contribution in [3.63, 3.8) is 0 Å². The molecule has 1 aliphatic carbocycles. The molecule has 0 spiro atoms. The van der Waals surface area contributed by atoms with E-state index in [-0.39, 0.29) is 11.6 Å². The first-order valence-corrected chi connectivity index (χ1v) is 6.48. The third-order valence-electron chi connectivity index (χ3n) is 4.19. The van der Waals surface area contributed by atoms with Crippen LogP contribution in [-0.2, 0) is 4.74 Å². The topological polar surface area (TPSA) is 38.5 Å². The van der Waals surface area contributed by atoms with Gasteiger partial charge in [0.05, 0.1) is 6.10 Å². The molecule has 0 amide bonds. The average Bonchev–Trinajstić information content (AvgIpc) is 2.28. The molecule has 1 saturated carbocycles. The number of nitrogens with zero attached hydrogens (tertiary/aromatic N) is 1. The number of methoxy groups -OCH3 is 1. The Labute approximate surface area is 100 Å². The second-order valence-electron chi connectivity index (χ2n) is 5.56. The van der Waals surface area contributed by atoms with Gasteiger partial charge in [0.2, 0.25) is 0 Å². The van der Waals surface area contributed by atoms with Crippen molar-refractivity contribution in [2.75, 3.05) is 27.2 Å². The fourth-order valence-electron chi connectivity index (χ4n) is 2.97. The Morgan fingerprint density at radius 1 is 1.56 bits per heavy atom. The summed E-state index contributed by atoms with van der Waals surface area (Å²) in [5, 5.41) is 0. The molecule has 3 unspecified atom stereocenters. The third kappa shape index (κ3) is 3.19. The monoisotopic (exact) mass is 228 g/mol. The molecule has 1 rings (SSSR count). The van der Waals surface area contributed by atoms with Gasteiger partial charge in [-0.1, -0.05) is 19.8 Å². The molecule has 0 saturated heterocycles. The zero-order valence-corrected chi connectivity index (χ0v) is 11.3. The SMILES string of the molecule is COC(C)CN(C)C1(CN)CCCC(C)C1. The third-order valence-corrected chi connectivity index (χ3v) is 4.19. The molecule has 0 aromatic heterocycles. The van der Waals surface area contributed by atoms with E-state index >= 15 is 0 Å². The van der Waals surface area contributed by atoms with Crippen molar-refractivity contribution in [3.8, 4) is 0 Å². The van der Waals surface area contributed by atoms with Gasteiger partial charge < -0.3 is 10.5 Å². The number of hydrogen-bond donors (Lipinski definition) is 1. The van der Waals surface area contributed by atoms with Gasteiger partial charge in [-0.05, 0) is 32.7 Å². The Kier molecular flexibility index (Phi) is 5.22. The van der Waals surface area contributed by atoms with Crippen LogP contribution in [0.1, 0.15) is 39.5 Å². The van der Waals surface area contributed by atoms with Crippen LogP contribution in [0.5, 0.6) is 0 Å². The van der Waals surface area contributed by atoms with Gasteiger partial charge >= 0.3 is 0 Å². The second-order valence-corrected chi connectivity index (χ2v) is 5.56. The summed E-state index contributed by atoms with van der Waals surface area (Å²) in [6, 6.07) is 0. The van der Waals surface area contributed by atoms with E-state index in [0.29, 0.717) is 0 Å². The Balaban J connectivity index is 2.63. The molecule has 0 heterocycles. The van der Waals surface area contributed by atoms with Crippen LogP contribution in [0.3, 0.4) is 0 Å². The normalized spacial score (nSPS) is 33.0. The predicted molar refractivity (Wildman–Crippen MR) is 68.5 cm³/mol. The highest BCUT2D eigenvalue weighted by molar-refractivity contribution is 4.95. The maximum atomic E-state index is 6.04. The summed E-state index contributed by atoms with van der Waals surface area (Å²) in [6.07, 6.45) is 5.42. The Bertz CT molecular complexity index is 210. The zero-order chi connectivity index (χ0) is 12.2. The predicted octanol–water partition coefficient (Wildman–Crippen LogP) is 1.86. The minimum absolute atomic E-state index is 0.213. The first kappa shape index (κ1) is 13.9. The molecule has 0 aliphatic heterocycles. The first-order valence-electron chi connectivity index (χ1n) is 6.48. The average molecular weight is 228 g/mol. The molecule has 3 nitrogen and oxygen atoms in total. The van der Waals surface area contributed by atoms with E-state index in [0.717, 1.165) is 19.0 Å². The van der Waals surface area contributed by atoms with Gasteiger partial charge in [0.15, 0.2) is 0 Å². The molecule has 3 atom stereocenters. The molecular weight excluding hydrogens is 200 g/mol. The lowest BCUT2D eigenvalue weighted by molar-refractivity contribution is 0.0116. The van der Waals surface area contributed by atoms with E-state index in [1.807, 2.05) is 0 Å². The van der Waals surface area contributed by atoms with Crippen molar-refractivity contribution in [2.24, 2.45) is 11.7 Å². The second kappa shape index (κ2) is 5.99. The maximum Gasteiger partial charge on any atom is 0.0670 e. The summed E-state index contributed by atoms with van der Waals surface area (Å²) in [5.41, 5.74) is 6.25. The van der Waals surface area contributed by atoms with Crippen LogP contribution >= 0.6 is 0 Å². The standard InChI is InChI=1S/C13H28N2O/c1-11-6-5-7-13(8-11,10-14)15(3)9-12(2)16-4/h11-12H,5-10,14H2,1-4H3. The van der Waals surface area contributed by atoms with Gasteiger partial charge in [0, 0.05) is 25.7 Å². The van der Waals surface area contributed by atoms with Gasteiger partial charge in [0.1, 0.15) is 0 Å². The summed E-state index contributed by atoms with van der Waals surface area (Å²) in [7, 11) is 3.97. The molecule has 0 aromatic carbocycles. The minimum atomic E-state index is 0.213. The molecule has 16 heavy (non-hydrogen) atoms. The lowest BCUT2D eigenvalue weighted by Crippen LogP contribution is -2.56. The Hall–Kier alpha value is -0.120. The van der Waals surface area contributed by atoms with E-state index in [4.69, 9.17) is 10.5 Å². The van der Waals surface area contributed by atoms with Crippen molar-refractivity contribution >= 4 is 0 Å². The number of ether oxygens (including phenoxy) is 1. The van der Waals surface area contributed by atoms with Crippen molar-refractivity contribution in [3.05, 3.63) is 0 Å². The molecular formula is C13H28N2O. The van der Waals surface area contributed by atoms with Gasteiger partial charge in [-0.3, -0.25) is 4.90 Å². The lowest BCUT2D eigenvalue weighted by Gasteiger charge is -2.46. The van der Waals surface area contributed by atoms with Crippen LogP contribution in [0.25, 0.3) is 0 Å². The molecule has 2 N–H and O–H groups in total. The number of hydrogen-bond acceptors (Lipinski definition) is 3. The van der Waals surface area contributed by atoms with Crippen LogP contribution < -0.4 is 5.73 Å². The lowest BCUT2D eigenvalue weighted by atomic mass is 9.75. The van der Waals surface area contributed by atoms with E-state index in [9.17, 15) is 0 Å². The van der Waals surface area contributed by atoms with Gasteiger partial charge in [-0.15, -0.1) is 0 Å². The quantitative estimate of drug-likeness (QED) is 0.780. The largest absolute Gasteiger partial charge is 0.380 e. The molecule has 0 aromatic rings. The summed E-state index contributed by atoms with van der Waals surface area (Å²) in [5.74, 6) is 0.803. The highest BCUT2D eigenvalue weighted by atomic mass is 16.5. The van der Waals surface area contributed by atoms with E-state index in [1.165, 1.54) is 25.7 Å². The summed E-state index contributed by atoms with van der Waals surface area (Å²) < 4.78 is 5.35. The van der Waals surface area contributed by atoms with Crippen molar-refractivity contribution in [1.29, 1.82) is 0 Å². The van der Waals surface area contributed by atoms with Crippen LogP contribution in [0.4, 0.5) is 0 Å². The highest BCUT2D eigenvalue weighted by Crippen LogP contribution is 2.35. The molecule has 0 radical (unpaired) electrons. The van der Waals surface area contributed by atoms with Crippen LogP contribution in [0.2, 0.25) is 0 Å². The highest BCUT2D eigenvalue weighted by Gasteiger charge is 2.37. The summed E-state index contributed by atoms with van der Waals surface area (Å²) in [4.78, 5) is 2.43. The van der Waals surface area contributed by atoms with Crippen molar-refractivity contribution in [2.45, 2.75) is 51.2 Å². The van der Waals surface area contributed by atoms with E-state index in [1.54, 1.807) is 7.11 Å². The molecule has 1 fully saturated rings. The van der Waals surface area contributed by atoms with Crippen molar-refractivity contribution < 1.29 is 4.74 Å². The Morgan fingerprint density at radius 2 is 2.25 bits per heavy atom. The zero-order valence-electron chi connectivity index (χ0n) is 11.3. The van der Waals surface area contributed by atoms with E-state index in [2.05, 4.69) is 25.8 Å². The summed E-state index contributed by atoms with van der Waals surface area (Å²) in [6.45, 7) is 6.20. The fraction of sp³-hybridized carbons (Fsp3) is 1.00. The fourth-order valence-corrected chi connectivity index (χ4v) is 2.97. The smallest absolute Gasteiger partial charge is 0.0670 e. The molecule has 3 heteroatoms. The molecule has 96 valence electrons. The van der Waals surface area contributed by atoms with Gasteiger partial charge in [-0.25, -0.2) is 0 Å². The van der Waals surface area contributed by atoms with Crippen LogP contribution in [-0.4, -0.2) is 43.8 Å². The number of nitrogens with two attached hydrogens (primary N) is 1. The molecule has 1 aliphatic rings. The Morgan fingerprint density at radius 3 is 2.75 bits per heavy atom. The van der Waals surface area contributed by atoms with Crippen LogP contribution in [0.15, 0.2) is 0 Å².